The van der Waals surface area contributed by atoms with Crippen molar-refractivity contribution in [2.75, 3.05) is 6.54 Å². The minimum Gasteiger partial charge on any atom is -0.345 e. The summed E-state index contributed by atoms with van der Waals surface area (Å²) >= 11 is 0. The van der Waals surface area contributed by atoms with Gasteiger partial charge in [-0.05, 0) is 19.1 Å². The molecule has 3 rings (SSSR count). The van der Waals surface area contributed by atoms with E-state index in [0.717, 1.165) is 24.0 Å². The SMILES string of the molecule is Cc1ncc(-c2ccc3[nH]nc(C(=O)NCC(C)(F)F)c3c2)n1C. The number of H-pyrrole nitrogens is 1. The molecule has 8 heteroatoms. The minimum absolute atomic E-state index is 0.0926. The van der Waals surface area contributed by atoms with Crippen LogP contribution in [0.2, 0.25) is 0 Å². The highest BCUT2D eigenvalue weighted by Crippen LogP contribution is 2.25. The predicted molar refractivity (Wildman–Crippen MR) is 86.0 cm³/mol. The summed E-state index contributed by atoms with van der Waals surface area (Å²) in [5, 5.41) is 9.47. The van der Waals surface area contributed by atoms with Crippen molar-refractivity contribution in [1.29, 1.82) is 0 Å². The lowest BCUT2D eigenvalue weighted by Gasteiger charge is -2.10. The first-order valence-corrected chi connectivity index (χ1v) is 7.39. The zero-order valence-electron chi connectivity index (χ0n) is 13.5. The van der Waals surface area contributed by atoms with Crippen molar-refractivity contribution in [1.82, 2.24) is 25.1 Å². The second kappa shape index (κ2) is 5.70. The van der Waals surface area contributed by atoms with Crippen molar-refractivity contribution in [3.63, 3.8) is 0 Å². The largest absolute Gasteiger partial charge is 0.345 e. The van der Waals surface area contributed by atoms with E-state index in [9.17, 15) is 13.6 Å². The average molecular weight is 333 g/mol. The number of imidazole rings is 1. The van der Waals surface area contributed by atoms with E-state index >= 15 is 0 Å². The summed E-state index contributed by atoms with van der Waals surface area (Å²) in [6.07, 6.45) is 1.74. The van der Waals surface area contributed by atoms with Crippen LogP contribution < -0.4 is 5.32 Å². The van der Waals surface area contributed by atoms with E-state index in [0.29, 0.717) is 10.9 Å². The molecule has 1 amide bonds. The Hall–Kier alpha value is -2.77. The lowest BCUT2D eigenvalue weighted by Crippen LogP contribution is -2.34. The zero-order chi connectivity index (χ0) is 17.5. The van der Waals surface area contributed by atoms with Gasteiger partial charge in [0.1, 0.15) is 5.82 Å². The van der Waals surface area contributed by atoms with Gasteiger partial charge >= 0.3 is 0 Å². The van der Waals surface area contributed by atoms with Gasteiger partial charge in [0.2, 0.25) is 0 Å². The maximum Gasteiger partial charge on any atom is 0.272 e. The Morgan fingerprint density at radius 2 is 2.17 bits per heavy atom. The predicted octanol–water partition coefficient (Wildman–Crippen LogP) is 2.66. The fourth-order valence-electron chi connectivity index (χ4n) is 2.44. The molecule has 2 aromatic heterocycles. The van der Waals surface area contributed by atoms with Crippen LogP contribution in [0.5, 0.6) is 0 Å². The Bertz CT molecular complexity index is 907. The Kier molecular flexibility index (Phi) is 3.82. The second-order valence-electron chi connectivity index (χ2n) is 5.84. The number of aromatic nitrogens is 4. The third-order valence-electron chi connectivity index (χ3n) is 3.85. The Morgan fingerprint density at radius 1 is 1.42 bits per heavy atom. The van der Waals surface area contributed by atoms with Crippen molar-refractivity contribution < 1.29 is 13.6 Å². The van der Waals surface area contributed by atoms with E-state index in [1.165, 1.54) is 0 Å². The molecule has 1 aromatic carbocycles. The van der Waals surface area contributed by atoms with E-state index in [1.54, 1.807) is 18.3 Å². The summed E-state index contributed by atoms with van der Waals surface area (Å²) in [7, 11) is 1.90. The normalized spacial score (nSPS) is 11.9. The summed E-state index contributed by atoms with van der Waals surface area (Å²) in [4.78, 5) is 16.4. The van der Waals surface area contributed by atoms with E-state index < -0.39 is 18.4 Å². The van der Waals surface area contributed by atoms with Crippen molar-refractivity contribution in [2.45, 2.75) is 19.8 Å². The van der Waals surface area contributed by atoms with Gasteiger partial charge in [-0.25, -0.2) is 13.8 Å². The number of carbonyl (C=O) groups excluding carboxylic acids is 1. The summed E-state index contributed by atoms with van der Waals surface area (Å²) in [5.41, 5.74) is 2.50. The number of aryl methyl sites for hydroxylation is 1. The highest BCUT2D eigenvalue weighted by atomic mass is 19.3. The molecule has 0 saturated heterocycles. The number of benzene rings is 1. The lowest BCUT2D eigenvalue weighted by atomic mass is 10.1. The molecule has 0 fully saturated rings. The number of nitrogens with zero attached hydrogens (tertiary/aromatic N) is 3. The fraction of sp³-hybridized carbons (Fsp3) is 0.312. The standard InChI is InChI=1S/C16H17F2N5O/c1-9-19-7-13(23(9)3)10-4-5-12-11(6-10)14(22-21-12)15(24)20-8-16(2,17)18/h4-7H,8H2,1-3H3,(H,20,24)(H,21,22). The van der Waals surface area contributed by atoms with Crippen molar-refractivity contribution >= 4 is 16.8 Å². The van der Waals surface area contributed by atoms with E-state index in [-0.39, 0.29) is 5.69 Å². The maximum atomic E-state index is 12.9. The molecule has 0 aliphatic heterocycles. The fourth-order valence-corrected chi connectivity index (χ4v) is 2.44. The number of fused-ring (bicyclic) bond motifs is 1. The van der Waals surface area contributed by atoms with Crippen molar-refractivity contribution in [3.05, 3.63) is 35.9 Å². The van der Waals surface area contributed by atoms with E-state index in [2.05, 4.69) is 20.5 Å². The summed E-state index contributed by atoms with van der Waals surface area (Å²) in [6, 6.07) is 5.48. The van der Waals surface area contributed by atoms with Crippen LogP contribution in [0.4, 0.5) is 8.78 Å². The van der Waals surface area contributed by atoms with Crippen LogP contribution in [0.15, 0.2) is 24.4 Å². The van der Waals surface area contributed by atoms with Crippen LogP contribution in [0, 0.1) is 6.92 Å². The molecule has 3 aromatic rings. The number of aromatic amines is 1. The molecule has 126 valence electrons. The monoisotopic (exact) mass is 333 g/mol. The number of nitrogens with one attached hydrogen (secondary N) is 2. The molecule has 0 radical (unpaired) electrons. The summed E-state index contributed by atoms with van der Waals surface area (Å²) in [6.45, 7) is 1.91. The number of hydrogen-bond acceptors (Lipinski definition) is 3. The van der Waals surface area contributed by atoms with Crippen LogP contribution in [0.1, 0.15) is 23.2 Å². The average Bonchev–Trinajstić information content (AvgIpc) is 3.08. The number of rotatable bonds is 4. The Morgan fingerprint density at radius 3 is 2.79 bits per heavy atom. The van der Waals surface area contributed by atoms with Gasteiger partial charge in [0.15, 0.2) is 5.69 Å². The van der Waals surface area contributed by atoms with Gasteiger partial charge in [0, 0.05) is 24.9 Å². The molecule has 0 unspecified atom stereocenters. The van der Waals surface area contributed by atoms with Gasteiger partial charge in [-0.2, -0.15) is 5.10 Å². The molecule has 6 nitrogen and oxygen atoms in total. The Balaban J connectivity index is 1.97. The maximum absolute atomic E-state index is 12.9. The molecule has 2 heterocycles. The van der Waals surface area contributed by atoms with Gasteiger partial charge in [-0.1, -0.05) is 6.07 Å². The molecular weight excluding hydrogens is 316 g/mol. The van der Waals surface area contributed by atoms with Crippen LogP contribution in [-0.2, 0) is 7.05 Å². The number of halogens is 2. The Labute approximate surface area is 136 Å². The van der Waals surface area contributed by atoms with Gasteiger partial charge in [-0.15, -0.1) is 0 Å². The quantitative estimate of drug-likeness (QED) is 0.771. The van der Waals surface area contributed by atoms with E-state index in [1.807, 2.05) is 24.6 Å². The first-order chi connectivity index (χ1) is 11.3. The third kappa shape index (κ3) is 2.99. The smallest absolute Gasteiger partial charge is 0.272 e. The summed E-state index contributed by atoms with van der Waals surface area (Å²) in [5.74, 6) is -2.75. The molecule has 0 bridgehead atoms. The van der Waals surface area contributed by atoms with Crippen LogP contribution in [-0.4, -0.2) is 38.1 Å². The van der Waals surface area contributed by atoms with Crippen molar-refractivity contribution in [2.24, 2.45) is 7.05 Å². The lowest BCUT2D eigenvalue weighted by molar-refractivity contribution is 0.0220. The number of alkyl halides is 2. The van der Waals surface area contributed by atoms with Gasteiger partial charge in [0.05, 0.1) is 24.0 Å². The number of carbonyl (C=O) groups is 1. The van der Waals surface area contributed by atoms with Crippen LogP contribution in [0.25, 0.3) is 22.2 Å². The topological polar surface area (TPSA) is 75.6 Å². The van der Waals surface area contributed by atoms with Gasteiger partial charge in [-0.3, -0.25) is 9.89 Å². The van der Waals surface area contributed by atoms with Crippen molar-refractivity contribution in [3.8, 4) is 11.3 Å². The molecular formula is C16H17F2N5O. The van der Waals surface area contributed by atoms with E-state index in [4.69, 9.17) is 0 Å². The molecule has 0 saturated carbocycles. The molecule has 0 aliphatic carbocycles. The molecule has 0 atom stereocenters. The zero-order valence-corrected chi connectivity index (χ0v) is 13.5. The highest BCUT2D eigenvalue weighted by Gasteiger charge is 2.23. The van der Waals surface area contributed by atoms with Crippen LogP contribution in [0.3, 0.4) is 0 Å². The first kappa shape index (κ1) is 16.1. The van der Waals surface area contributed by atoms with Gasteiger partial charge < -0.3 is 9.88 Å². The van der Waals surface area contributed by atoms with Gasteiger partial charge in [0.25, 0.3) is 11.8 Å². The highest BCUT2D eigenvalue weighted by molar-refractivity contribution is 6.05. The minimum atomic E-state index is -2.97. The first-order valence-electron chi connectivity index (χ1n) is 7.39. The van der Waals surface area contributed by atoms with Crippen LogP contribution >= 0.6 is 0 Å². The molecule has 0 aliphatic rings. The summed E-state index contributed by atoms with van der Waals surface area (Å²) < 4.78 is 27.8. The molecule has 24 heavy (non-hydrogen) atoms. The number of hydrogen-bond donors (Lipinski definition) is 2. The molecule has 0 spiro atoms. The number of amides is 1. The third-order valence-corrected chi connectivity index (χ3v) is 3.85. The molecule has 2 N–H and O–H groups in total. The second-order valence-corrected chi connectivity index (χ2v) is 5.84.